The summed E-state index contributed by atoms with van der Waals surface area (Å²) in [6.45, 7) is -0.275. The van der Waals surface area contributed by atoms with Gasteiger partial charge < -0.3 is 4.74 Å². The van der Waals surface area contributed by atoms with E-state index in [-0.39, 0.29) is 12.6 Å². The molecule has 4 nitrogen and oxygen atoms in total. The molecule has 3 N–H and O–H groups in total. The molecule has 2 rings (SSSR count). The third kappa shape index (κ3) is 4.45. The molecule has 1 aromatic heterocycles. The minimum absolute atomic E-state index is 0.0340. The van der Waals surface area contributed by atoms with Crippen LogP contribution in [0.2, 0.25) is 0 Å². The molecular formula is C13H17F2N3OS. The lowest BCUT2D eigenvalue weighted by molar-refractivity contribution is 0.0144. The third-order valence-corrected chi connectivity index (χ3v) is 3.91. The number of hydrazine groups is 1. The van der Waals surface area contributed by atoms with E-state index in [1.807, 2.05) is 24.3 Å². The van der Waals surface area contributed by atoms with E-state index in [0.717, 1.165) is 15.2 Å². The summed E-state index contributed by atoms with van der Waals surface area (Å²) in [5.74, 6) is 5.48. The normalized spacial score (nSPS) is 13.2. The van der Waals surface area contributed by atoms with Crippen molar-refractivity contribution < 1.29 is 13.5 Å². The molecule has 0 spiro atoms. The zero-order chi connectivity index (χ0) is 14.4. The zero-order valence-corrected chi connectivity index (χ0v) is 11.7. The van der Waals surface area contributed by atoms with Gasteiger partial charge in [-0.1, -0.05) is 12.1 Å². The summed E-state index contributed by atoms with van der Waals surface area (Å²) in [6.07, 6.45) is -1.20. The van der Waals surface area contributed by atoms with Gasteiger partial charge in [-0.25, -0.2) is 13.8 Å². The lowest BCUT2D eigenvalue weighted by Crippen LogP contribution is -2.37. The van der Waals surface area contributed by atoms with Gasteiger partial charge >= 0.3 is 0 Å². The standard InChI is InChI=1S/C13H17F2N3OS/c14-12(15)8-19-6-5-9(18-16)7-13-17-10-3-1-2-4-11(10)20-13/h1-4,9,12,18H,5-8,16H2. The van der Waals surface area contributed by atoms with Gasteiger partial charge in [-0.15, -0.1) is 11.3 Å². The van der Waals surface area contributed by atoms with E-state index in [1.165, 1.54) is 0 Å². The summed E-state index contributed by atoms with van der Waals surface area (Å²) in [4.78, 5) is 4.52. The van der Waals surface area contributed by atoms with Crippen molar-refractivity contribution in [2.45, 2.75) is 25.3 Å². The van der Waals surface area contributed by atoms with Crippen molar-refractivity contribution >= 4 is 21.6 Å². The van der Waals surface area contributed by atoms with E-state index in [4.69, 9.17) is 10.6 Å². The summed E-state index contributed by atoms with van der Waals surface area (Å²) in [6, 6.07) is 7.87. The molecule has 0 radical (unpaired) electrons. The summed E-state index contributed by atoms with van der Waals surface area (Å²) in [7, 11) is 0. The number of hydrogen-bond donors (Lipinski definition) is 2. The van der Waals surface area contributed by atoms with Crippen LogP contribution in [0.25, 0.3) is 10.2 Å². The number of nitrogens with one attached hydrogen (secondary N) is 1. The van der Waals surface area contributed by atoms with Crippen molar-refractivity contribution in [1.82, 2.24) is 10.4 Å². The van der Waals surface area contributed by atoms with Crippen LogP contribution in [0.3, 0.4) is 0 Å². The predicted octanol–water partition coefficient (Wildman–Crippen LogP) is 2.34. The Morgan fingerprint density at radius 2 is 2.15 bits per heavy atom. The minimum Gasteiger partial charge on any atom is -0.375 e. The molecule has 0 bridgehead atoms. The van der Waals surface area contributed by atoms with E-state index in [0.29, 0.717) is 12.8 Å². The lowest BCUT2D eigenvalue weighted by Gasteiger charge is -2.14. The topological polar surface area (TPSA) is 60.2 Å². The highest BCUT2D eigenvalue weighted by molar-refractivity contribution is 7.18. The van der Waals surface area contributed by atoms with Crippen molar-refractivity contribution in [1.29, 1.82) is 0 Å². The number of hydrogen-bond acceptors (Lipinski definition) is 5. The molecule has 1 aromatic carbocycles. The van der Waals surface area contributed by atoms with E-state index in [2.05, 4.69) is 10.4 Å². The Hall–Kier alpha value is -1.15. The van der Waals surface area contributed by atoms with Crippen molar-refractivity contribution in [2.24, 2.45) is 5.84 Å². The molecule has 0 saturated carbocycles. The first-order chi connectivity index (χ1) is 9.69. The van der Waals surface area contributed by atoms with Crippen LogP contribution in [0.4, 0.5) is 8.78 Å². The van der Waals surface area contributed by atoms with Crippen LogP contribution in [-0.4, -0.2) is 30.7 Å². The average Bonchev–Trinajstić information content (AvgIpc) is 2.84. The Labute approximate surface area is 119 Å². The number of benzene rings is 1. The Bertz CT molecular complexity index is 502. The Morgan fingerprint density at radius 1 is 1.35 bits per heavy atom. The number of ether oxygens (including phenoxy) is 1. The molecule has 0 aliphatic carbocycles. The Morgan fingerprint density at radius 3 is 2.85 bits per heavy atom. The minimum atomic E-state index is -2.43. The molecule has 1 atom stereocenters. The summed E-state index contributed by atoms with van der Waals surface area (Å²) >= 11 is 1.62. The van der Waals surface area contributed by atoms with E-state index >= 15 is 0 Å². The molecule has 1 heterocycles. The van der Waals surface area contributed by atoms with Gasteiger partial charge in [-0.05, 0) is 18.6 Å². The van der Waals surface area contributed by atoms with Crippen molar-refractivity contribution in [2.75, 3.05) is 13.2 Å². The molecule has 0 amide bonds. The molecule has 1 unspecified atom stereocenters. The Balaban J connectivity index is 1.85. The van der Waals surface area contributed by atoms with Crippen LogP contribution in [-0.2, 0) is 11.2 Å². The molecule has 110 valence electrons. The van der Waals surface area contributed by atoms with Gasteiger partial charge in [-0.2, -0.15) is 0 Å². The number of nitrogens with two attached hydrogens (primary N) is 1. The zero-order valence-electron chi connectivity index (χ0n) is 10.9. The van der Waals surface area contributed by atoms with Crippen LogP contribution < -0.4 is 11.3 Å². The highest BCUT2D eigenvalue weighted by atomic mass is 32.1. The number of nitrogens with zero attached hydrogens (tertiary/aromatic N) is 1. The fourth-order valence-corrected chi connectivity index (χ4v) is 2.91. The van der Waals surface area contributed by atoms with Crippen LogP contribution in [0, 0.1) is 0 Å². The first-order valence-electron chi connectivity index (χ1n) is 6.35. The van der Waals surface area contributed by atoms with E-state index in [1.54, 1.807) is 11.3 Å². The number of alkyl halides is 2. The second kappa shape index (κ2) is 7.58. The molecule has 20 heavy (non-hydrogen) atoms. The number of fused-ring (bicyclic) bond motifs is 1. The van der Waals surface area contributed by atoms with Gasteiger partial charge in [0.25, 0.3) is 6.43 Å². The maximum Gasteiger partial charge on any atom is 0.261 e. The first kappa shape index (κ1) is 15.2. The van der Waals surface area contributed by atoms with Crippen molar-refractivity contribution in [3.05, 3.63) is 29.3 Å². The highest BCUT2D eigenvalue weighted by Crippen LogP contribution is 2.22. The molecule has 0 saturated heterocycles. The lowest BCUT2D eigenvalue weighted by atomic mass is 10.1. The molecule has 0 aliphatic heterocycles. The second-order valence-corrected chi connectivity index (χ2v) is 5.51. The highest BCUT2D eigenvalue weighted by Gasteiger charge is 2.12. The molecule has 7 heteroatoms. The van der Waals surface area contributed by atoms with Crippen LogP contribution in [0.15, 0.2) is 24.3 Å². The number of para-hydroxylation sites is 1. The second-order valence-electron chi connectivity index (χ2n) is 4.40. The summed E-state index contributed by atoms with van der Waals surface area (Å²) in [5.41, 5.74) is 3.65. The fraction of sp³-hybridized carbons (Fsp3) is 0.462. The van der Waals surface area contributed by atoms with Gasteiger partial charge in [0.05, 0.1) is 15.2 Å². The predicted molar refractivity (Wildman–Crippen MR) is 75.9 cm³/mol. The van der Waals surface area contributed by atoms with Gasteiger partial charge in [0.2, 0.25) is 0 Å². The first-order valence-corrected chi connectivity index (χ1v) is 7.17. The SMILES string of the molecule is NNC(CCOCC(F)F)Cc1nc2ccccc2s1. The third-order valence-electron chi connectivity index (χ3n) is 2.85. The maximum atomic E-state index is 11.9. The number of rotatable bonds is 8. The number of aromatic nitrogens is 1. The largest absolute Gasteiger partial charge is 0.375 e. The smallest absolute Gasteiger partial charge is 0.261 e. The maximum absolute atomic E-state index is 11.9. The average molecular weight is 301 g/mol. The summed E-state index contributed by atoms with van der Waals surface area (Å²) < 4.78 is 29.9. The quantitative estimate of drug-likeness (QED) is 0.446. The van der Waals surface area contributed by atoms with E-state index in [9.17, 15) is 8.78 Å². The van der Waals surface area contributed by atoms with Crippen molar-refractivity contribution in [3.8, 4) is 0 Å². The van der Waals surface area contributed by atoms with Crippen LogP contribution in [0.5, 0.6) is 0 Å². The van der Waals surface area contributed by atoms with E-state index < -0.39 is 13.0 Å². The van der Waals surface area contributed by atoms with Gasteiger partial charge in [0, 0.05) is 19.1 Å². The number of halogens is 2. The molecule has 0 aliphatic rings. The van der Waals surface area contributed by atoms with Gasteiger partial charge in [0.1, 0.15) is 6.61 Å². The molecule has 0 fully saturated rings. The number of thiazole rings is 1. The van der Waals surface area contributed by atoms with Crippen molar-refractivity contribution in [3.63, 3.8) is 0 Å². The fourth-order valence-electron chi connectivity index (χ4n) is 1.86. The summed E-state index contributed by atoms with van der Waals surface area (Å²) in [5, 5.41) is 0.975. The van der Waals surface area contributed by atoms with Crippen LogP contribution >= 0.6 is 11.3 Å². The van der Waals surface area contributed by atoms with Crippen LogP contribution in [0.1, 0.15) is 11.4 Å². The Kier molecular flexibility index (Phi) is 5.78. The molecule has 2 aromatic rings. The van der Waals surface area contributed by atoms with Gasteiger partial charge in [0.15, 0.2) is 0 Å². The van der Waals surface area contributed by atoms with Gasteiger partial charge in [-0.3, -0.25) is 11.3 Å². The molecular weight excluding hydrogens is 284 g/mol. The monoisotopic (exact) mass is 301 g/mol.